The SMILES string of the molecule is CC(=O)Nc1ccc(S(=O)(=O)Nc2ccc(-c3ccccc3[N+](=O)[O-])cc2)cc1. The second-order valence-electron chi connectivity index (χ2n) is 6.16. The van der Waals surface area contributed by atoms with Crippen molar-refractivity contribution in [2.45, 2.75) is 11.8 Å². The van der Waals surface area contributed by atoms with Crippen molar-refractivity contribution < 1.29 is 18.1 Å². The zero-order chi connectivity index (χ0) is 21.0. The molecule has 3 rings (SSSR count). The molecule has 9 heteroatoms. The number of carbonyl (C=O) groups excluding carboxylic acids is 1. The van der Waals surface area contributed by atoms with Gasteiger partial charge in [0.1, 0.15) is 0 Å². The zero-order valence-electron chi connectivity index (χ0n) is 15.3. The molecule has 0 unspecified atom stereocenters. The molecule has 0 fully saturated rings. The number of benzene rings is 3. The smallest absolute Gasteiger partial charge is 0.277 e. The van der Waals surface area contributed by atoms with Crippen LogP contribution in [0.2, 0.25) is 0 Å². The van der Waals surface area contributed by atoms with Crippen LogP contribution in [0.5, 0.6) is 0 Å². The molecule has 0 aliphatic heterocycles. The molecule has 0 aliphatic carbocycles. The first kappa shape index (κ1) is 20.0. The molecule has 3 aromatic carbocycles. The maximum atomic E-state index is 12.5. The highest BCUT2D eigenvalue weighted by molar-refractivity contribution is 7.92. The van der Waals surface area contributed by atoms with Gasteiger partial charge in [0.2, 0.25) is 5.91 Å². The third kappa shape index (κ3) is 4.77. The molecule has 1 amide bonds. The highest BCUT2D eigenvalue weighted by atomic mass is 32.2. The first-order valence-corrected chi connectivity index (χ1v) is 9.99. The van der Waals surface area contributed by atoms with Crippen LogP contribution in [0.1, 0.15) is 6.92 Å². The van der Waals surface area contributed by atoms with E-state index in [2.05, 4.69) is 10.0 Å². The summed E-state index contributed by atoms with van der Waals surface area (Å²) in [7, 11) is -3.83. The highest BCUT2D eigenvalue weighted by Gasteiger charge is 2.16. The standard InChI is InChI=1S/C20H17N3O5S/c1-14(24)21-16-10-12-18(13-11-16)29(27,28)22-17-8-6-15(7-9-17)19-4-2-3-5-20(19)23(25)26/h2-13,22H,1H3,(H,21,24). The van der Waals surface area contributed by atoms with Gasteiger partial charge in [0, 0.05) is 24.4 Å². The van der Waals surface area contributed by atoms with E-state index >= 15 is 0 Å². The number of carbonyl (C=O) groups is 1. The Bertz CT molecular complexity index is 1160. The summed E-state index contributed by atoms with van der Waals surface area (Å²) < 4.78 is 27.6. The number of para-hydroxylation sites is 1. The highest BCUT2D eigenvalue weighted by Crippen LogP contribution is 2.30. The summed E-state index contributed by atoms with van der Waals surface area (Å²) in [5.41, 5.74) is 1.82. The Kier molecular flexibility index (Phi) is 5.60. The maximum Gasteiger partial charge on any atom is 0.277 e. The third-order valence-electron chi connectivity index (χ3n) is 4.03. The average molecular weight is 411 g/mol. The van der Waals surface area contributed by atoms with E-state index in [-0.39, 0.29) is 16.5 Å². The fourth-order valence-electron chi connectivity index (χ4n) is 2.73. The van der Waals surface area contributed by atoms with E-state index in [4.69, 9.17) is 0 Å². The lowest BCUT2D eigenvalue weighted by Gasteiger charge is -2.10. The summed E-state index contributed by atoms with van der Waals surface area (Å²) >= 11 is 0. The number of nitrogens with one attached hydrogen (secondary N) is 2. The molecule has 29 heavy (non-hydrogen) atoms. The molecule has 0 saturated heterocycles. The van der Waals surface area contributed by atoms with Gasteiger partial charge in [0.05, 0.1) is 15.4 Å². The number of nitro groups is 1. The van der Waals surface area contributed by atoms with Crippen molar-refractivity contribution in [3.8, 4) is 11.1 Å². The number of nitrogens with zero attached hydrogens (tertiary/aromatic N) is 1. The number of rotatable bonds is 6. The summed E-state index contributed by atoms with van der Waals surface area (Å²) in [4.78, 5) is 21.8. The quantitative estimate of drug-likeness (QED) is 0.469. The Morgan fingerprint density at radius 2 is 1.48 bits per heavy atom. The number of sulfonamides is 1. The van der Waals surface area contributed by atoms with Crippen LogP contribution < -0.4 is 10.0 Å². The Balaban J connectivity index is 1.80. The van der Waals surface area contributed by atoms with E-state index in [0.29, 0.717) is 22.5 Å². The van der Waals surface area contributed by atoms with Gasteiger partial charge in [-0.2, -0.15) is 0 Å². The van der Waals surface area contributed by atoms with E-state index in [1.54, 1.807) is 30.3 Å². The van der Waals surface area contributed by atoms with Crippen molar-refractivity contribution in [3.63, 3.8) is 0 Å². The van der Waals surface area contributed by atoms with Crippen LogP contribution >= 0.6 is 0 Å². The molecule has 0 heterocycles. The fraction of sp³-hybridized carbons (Fsp3) is 0.0500. The van der Waals surface area contributed by atoms with Gasteiger partial charge in [0.25, 0.3) is 15.7 Å². The first-order chi connectivity index (χ1) is 13.8. The molecular formula is C20H17N3O5S. The summed E-state index contributed by atoms with van der Waals surface area (Å²) in [5, 5.41) is 13.7. The molecule has 2 N–H and O–H groups in total. The minimum Gasteiger partial charge on any atom is -0.326 e. The normalized spacial score (nSPS) is 10.9. The van der Waals surface area contributed by atoms with Crippen LogP contribution in [0.4, 0.5) is 17.1 Å². The Morgan fingerprint density at radius 3 is 2.07 bits per heavy atom. The molecule has 0 spiro atoms. The summed E-state index contributed by atoms with van der Waals surface area (Å²) in [6, 6.07) is 18.4. The van der Waals surface area contributed by atoms with Gasteiger partial charge in [-0.05, 0) is 48.0 Å². The molecule has 8 nitrogen and oxygen atoms in total. The zero-order valence-corrected chi connectivity index (χ0v) is 16.1. The lowest BCUT2D eigenvalue weighted by molar-refractivity contribution is -0.384. The number of nitro benzene ring substituents is 1. The van der Waals surface area contributed by atoms with Crippen LogP contribution in [0.15, 0.2) is 77.7 Å². The molecule has 0 aromatic heterocycles. The number of hydrogen-bond donors (Lipinski definition) is 2. The number of hydrogen-bond acceptors (Lipinski definition) is 5. The Hall–Kier alpha value is -3.72. The molecular weight excluding hydrogens is 394 g/mol. The van der Waals surface area contributed by atoms with E-state index in [1.165, 1.54) is 49.4 Å². The lowest BCUT2D eigenvalue weighted by atomic mass is 10.0. The van der Waals surface area contributed by atoms with Crippen molar-refractivity contribution in [1.29, 1.82) is 0 Å². The van der Waals surface area contributed by atoms with Gasteiger partial charge in [-0.3, -0.25) is 19.6 Å². The molecule has 148 valence electrons. The third-order valence-corrected chi connectivity index (χ3v) is 5.43. The van der Waals surface area contributed by atoms with Gasteiger partial charge in [0.15, 0.2) is 0 Å². The average Bonchev–Trinajstić information content (AvgIpc) is 2.68. The van der Waals surface area contributed by atoms with Gasteiger partial charge in [-0.25, -0.2) is 8.42 Å². The molecule has 0 saturated carbocycles. The monoisotopic (exact) mass is 411 g/mol. The van der Waals surface area contributed by atoms with E-state index in [9.17, 15) is 23.3 Å². The predicted octanol–water partition coefficient (Wildman–Crippen LogP) is 4.02. The summed E-state index contributed by atoms with van der Waals surface area (Å²) in [6.45, 7) is 1.36. The molecule has 0 bridgehead atoms. The number of amides is 1. The predicted molar refractivity (Wildman–Crippen MR) is 110 cm³/mol. The first-order valence-electron chi connectivity index (χ1n) is 8.50. The second-order valence-corrected chi connectivity index (χ2v) is 7.85. The molecule has 0 aliphatic rings. The van der Waals surface area contributed by atoms with Crippen LogP contribution in [0.25, 0.3) is 11.1 Å². The van der Waals surface area contributed by atoms with Crippen molar-refractivity contribution in [3.05, 3.63) is 82.9 Å². The van der Waals surface area contributed by atoms with Crippen LogP contribution in [-0.2, 0) is 14.8 Å². The molecule has 3 aromatic rings. The largest absolute Gasteiger partial charge is 0.326 e. The van der Waals surface area contributed by atoms with E-state index in [0.717, 1.165) is 0 Å². The van der Waals surface area contributed by atoms with Gasteiger partial charge in [-0.1, -0.05) is 24.3 Å². The minimum atomic E-state index is -3.83. The van der Waals surface area contributed by atoms with Crippen molar-refractivity contribution in [2.24, 2.45) is 0 Å². The fourth-order valence-corrected chi connectivity index (χ4v) is 3.79. The molecule has 0 atom stereocenters. The Morgan fingerprint density at radius 1 is 0.897 bits per heavy atom. The van der Waals surface area contributed by atoms with Gasteiger partial charge < -0.3 is 5.32 Å². The van der Waals surface area contributed by atoms with Crippen molar-refractivity contribution in [1.82, 2.24) is 0 Å². The topological polar surface area (TPSA) is 118 Å². The van der Waals surface area contributed by atoms with Crippen LogP contribution in [-0.4, -0.2) is 19.2 Å². The van der Waals surface area contributed by atoms with Crippen LogP contribution in [0.3, 0.4) is 0 Å². The van der Waals surface area contributed by atoms with Gasteiger partial charge in [-0.15, -0.1) is 0 Å². The number of anilines is 2. The minimum absolute atomic E-state index is 0.0277. The van der Waals surface area contributed by atoms with Crippen molar-refractivity contribution >= 4 is 33.0 Å². The van der Waals surface area contributed by atoms with Crippen LogP contribution in [0, 0.1) is 10.1 Å². The second kappa shape index (κ2) is 8.11. The van der Waals surface area contributed by atoms with E-state index in [1.807, 2.05) is 0 Å². The van der Waals surface area contributed by atoms with E-state index < -0.39 is 14.9 Å². The Labute approximate surface area is 167 Å². The van der Waals surface area contributed by atoms with Crippen molar-refractivity contribution in [2.75, 3.05) is 10.0 Å². The van der Waals surface area contributed by atoms with Gasteiger partial charge >= 0.3 is 0 Å². The lowest BCUT2D eigenvalue weighted by Crippen LogP contribution is -2.13. The summed E-state index contributed by atoms with van der Waals surface area (Å²) in [6.07, 6.45) is 0. The summed E-state index contributed by atoms with van der Waals surface area (Å²) in [5.74, 6) is -0.252. The molecule has 0 radical (unpaired) electrons. The maximum absolute atomic E-state index is 12.5.